The molecule has 136 valence electrons. The lowest BCUT2D eigenvalue weighted by Crippen LogP contribution is -2.47. The number of aryl methyl sites for hydroxylation is 1. The second kappa shape index (κ2) is 7.07. The Bertz CT molecular complexity index is 752. The Balaban J connectivity index is 1.68. The third kappa shape index (κ3) is 3.51. The SMILES string of the molecule is COC1(CNC(=O)c2nn(C)c3ccccc23)CCC(C(F)F)CC1. The number of methoxy groups -OCH3 is 1. The number of aromatic nitrogens is 2. The van der Waals surface area contributed by atoms with Crippen LogP contribution in [0.5, 0.6) is 0 Å². The highest BCUT2D eigenvalue weighted by Crippen LogP contribution is 2.37. The highest BCUT2D eigenvalue weighted by Gasteiger charge is 2.38. The van der Waals surface area contributed by atoms with E-state index < -0.39 is 17.9 Å². The zero-order chi connectivity index (χ0) is 18.0. The predicted molar refractivity (Wildman–Crippen MR) is 90.7 cm³/mol. The van der Waals surface area contributed by atoms with Crippen LogP contribution in [0.25, 0.3) is 10.9 Å². The minimum absolute atomic E-state index is 0.274. The molecule has 0 bridgehead atoms. The highest BCUT2D eigenvalue weighted by atomic mass is 19.3. The van der Waals surface area contributed by atoms with Crippen LogP contribution in [0.15, 0.2) is 24.3 Å². The molecule has 0 aliphatic heterocycles. The molecular formula is C18H23F2N3O2. The van der Waals surface area contributed by atoms with Gasteiger partial charge in [-0.2, -0.15) is 5.10 Å². The molecule has 3 rings (SSSR count). The Hall–Kier alpha value is -2.02. The Morgan fingerprint density at radius 1 is 1.40 bits per heavy atom. The molecule has 2 aromatic rings. The lowest BCUT2D eigenvalue weighted by molar-refractivity contribution is -0.0654. The smallest absolute Gasteiger partial charge is 0.272 e. The number of fused-ring (bicyclic) bond motifs is 1. The van der Waals surface area contributed by atoms with Crippen molar-refractivity contribution >= 4 is 16.8 Å². The van der Waals surface area contributed by atoms with E-state index in [2.05, 4.69) is 10.4 Å². The van der Waals surface area contributed by atoms with Gasteiger partial charge in [0.1, 0.15) is 0 Å². The van der Waals surface area contributed by atoms with Crippen LogP contribution in [-0.2, 0) is 11.8 Å². The first kappa shape index (κ1) is 17.8. The van der Waals surface area contributed by atoms with Gasteiger partial charge in [0.25, 0.3) is 5.91 Å². The minimum atomic E-state index is -2.29. The standard InChI is InChI=1S/C18H23F2N3O2/c1-23-14-6-4-3-5-13(14)15(22-23)17(24)21-11-18(25-2)9-7-12(8-10-18)16(19)20/h3-6,12,16H,7-11H2,1-2H3,(H,21,24). The summed E-state index contributed by atoms with van der Waals surface area (Å²) in [6, 6.07) is 7.52. The second-order valence-corrected chi connectivity index (χ2v) is 6.73. The molecule has 7 heteroatoms. The van der Waals surface area contributed by atoms with Gasteiger partial charge in [-0.1, -0.05) is 18.2 Å². The number of nitrogens with one attached hydrogen (secondary N) is 1. The number of halogens is 2. The average molecular weight is 351 g/mol. The van der Waals surface area contributed by atoms with E-state index in [0.29, 0.717) is 37.9 Å². The molecule has 1 saturated carbocycles. The van der Waals surface area contributed by atoms with Gasteiger partial charge in [-0.05, 0) is 31.7 Å². The van der Waals surface area contributed by atoms with Crippen molar-refractivity contribution in [2.75, 3.05) is 13.7 Å². The van der Waals surface area contributed by atoms with Crippen molar-refractivity contribution in [2.45, 2.75) is 37.7 Å². The molecule has 0 radical (unpaired) electrons. The maximum atomic E-state index is 12.8. The minimum Gasteiger partial charge on any atom is -0.376 e. The molecule has 0 atom stereocenters. The van der Waals surface area contributed by atoms with Gasteiger partial charge in [-0.25, -0.2) is 8.78 Å². The third-order valence-electron chi connectivity index (χ3n) is 5.27. The monoisotopic (exact) mass is 351 g/mol. The lowest BCUT2D eigenvalue weighted by Gasteiger charge is -2.38. The first-order chi connectivity index (χ1) is 12.0. The predicted octanol–water partition coefficient (Wildman–Crippen LogP) is 3.14. The summed E-state index contributed by atoms with van der Waals surface area (Å²) in [6.45, 7) is 0.295. The summed E-state index contributed by atoms with van der Waals surface area (Å²) in [5, 5.41) is 7.97. The van der Waals surface area contributed by atoms with Crippen molar-refractivity contribution in [1.82, 2.24) is 15.1 Å². The fourth-order valence-corrected chi connectivity index (χ4v) is 3.58. The molecule has 1 amide bonds. The van der Waals surface area contributed by atoms with Gasteiger partial charge >= 0.3 is 0 Å². The summed E-state index contributed by atoms with van der Waals surface area (Å²) in [6.07, 6.45) is -0.435. The number of benzene rings is 1. The van der Waals surface area contributed by atoms with Crippen molar-refractivity contribution in [3.8, 4) is 0 Å². The van der Waals surface area contributed by atoms with E-state index in [1.54, 1.807) is 18.8 Å². The largest absolute Gasteiger partial charge is 0.376 e. The number of hydrogen-bond acceptors (Lipinski definition) is 3. The Kier molecular flexibility index (Phi) is 5.03. The summed E-state index contributed by atoms with van der Waals surface area (Å²) in [5.41, 5.74) is 0.670. The van der Waals surface area contributed by atoms with Crippen LogP contribution in [0, 0.1) is 5.92 Å². The zero-order valence-electron chi connectivity index (χ0n) is 14.5. The van der Waals surface area contributed by atoms with Gasteiger partial charge in [0.05, 0.1) is 11.1 Å². The zero-order valence-corrected chi connectivity index (χ0v) is 14.5. The van der Waals surface area contributed by atoms with Crippen molar-refractivity contribution in [1.29, 1.82) is 0 Å². The van der Waals surface area contributed by atoms with Crippen LogP contribution in [0.2, 0.25) is 0 Å². The first-order valence-electron chi connectivity index (χ1n) is 8.49. The van der Waals surface area contributed by atoms with E-state index in [-0.39, 0.29) is 5.91 Å². The number of hydrogen-bond donors (Lipinski definition) is 1. The molecule has 0 unspecified atom stereocenters. The van der Waals surface area contributed by atoms with Gasteiger partial charge < -0.3 is 10.1 Å². The molecule has 1 heterocycles. The van der Waals surface area contributed by atoms with Crippen molar-refractivity contribution in [3.63, 3.8) is 0 Å². The van der Waals surface area contributed by atoms with E-state index in [4.69, 9.17) is 4.74 Å². The number of alkyl halides is 2. The van der Waals surface area contributed by atoms with Crippen molar-refractivity contribution in [3.05, 3.63) is 30.0 Å². The number of nitrogens with zero attached hydrogens (tertiary/aromatic N) is 2. The molecule has 1 aromatic heterocycles. The summed E-state index contributed by atoms with van der Waals surface area (Å²) in [4.78, 5) is 12.6. The fraction of sp³-hybridized carbons (Fsp3) is 0.556. The van der Waals surface area contributed by atoms with Gasteiger partial charge in [-0.3, -0.25) is 9.48 Å². The molecule has 0 spiro atoms. The quantitative estimate of drug-likeness (QED) is 0.900. The van der Waals surface area contributed by atoms with Gasteiger partial charge in [0, 0.05) is 32.0 Å². The molecule has 1 aromatic carbocycles. The third-order valence-corrected chi connectivity index (χ3v) is 5.27. The molecule has 25 heavy (non-hydrogen) atoms. The van der Waals surface area contributed by atoms with Crippen LogP contribution in [-0.4, -0.2) is 41.4 Å². The van der Waals surface area contributed by atoms with Gasteiger partial charge in [-0.15, -0.1) is 0 Å². The summed E-state index contributed by atoms with van der Waals surface area (Å²) in [7, 11) is 3.37. The van der Waals surface area contributed by atoms with Crippen LogP contribution in [0.1, 0.15) is 36.2 Å². The maximum Gasteiger partial charge on any atom is 0.272 e. The topological polar surface area (TPSA) is 56.1 Å². The number of rotatable bonds is 5. The molecule has 1 fully saturated rings. The number of para-hydroxylation sites is 1. The lowest BCUT2D eigenvalue weighted by atomic mass is 9.78. The van der Waals surface area contributed by atoms with Crippen LogP contribution >= 0.6 is 0 Å². The molecule has 0 saturated heterocycles. The molecular weight excluding hydrogens is 328 g/mol. The second-order valence-electron chi connectivity index (χ2n) is 6.73. The highest BCUT2D eigenvalue weighted by molar-refractivity contribution is 6.04. The Morgan fingerprint density at radius 2 is 2.08 bits per heavy atom. The van der Waals surface area contributed by atoms with Gasteiger partial charge in [0.15, 0.2) is 5.69 Å². The van der Waals surface area contributed by atoms with E-state index in [0.717, 1.165) is 10.9 Å². The molecule has 1 N–H and O–H groups in total. The molecule has 1 aliphatic rings. The van der Waals surface area contributed by atoms with E-state index >= 15 is 0 Å². The van der Waals surface area contributed by atoms with Crippen LogP contribution in [0.4, 0.5) is 8.78 Å². The van der Waals surface area contributed by atoms with E-state index in [1.807, 2.05) is 24.3 Å². The number of ether oxygens (including phenoxy) is 1. The first-order valence-corrected chi connectivity index (χ1v) is 8.49. The fourth-order valence-electron chi connectivity index (χ4n) is 3.58. The number of carbonyl (C=O) groups excluding carboxylic acids is 1. The van der Waals surface area contributed by atoms with Crippen molar-refractivity contribution < 1.29 is 18.3 Å². The Labute approximate surface area is 145 Å². The van der Waals surface area contributed by atoms with Crippen LogP contribution < -0.4 is 5.32 Å². The van der Waals surface area contributed by atoms with E-state index in [1.165, 1.54) is 0 Å². The summed E-state index contributed by atoms with van der Waals surface area (Å²) < 4.78 is 33.0. The molecule has 5 nitrogen and oxygen atoms in total. The summed E-state index contributed by atoms with van der Waals surface area (Å²) >= 11 is 0. The van der Waals surface area contributed by atoms with E-state index in [9.17, 15) is 13.6 Å². The normalized spacial score (nSPS) is 24.0. The molecule has 1 aliphatic carbocycles. The number of amides is 1. The van der Waals surface area contributed by atoms with Crippen LogP contribution in [0.3, 0.4) is 0 Å². The summed E-state index contributed by atoms with van der Waals surface area (Å²) in [5.74, 6) is -0.845. The average Bonchev–Trinajstić information content (AvgIpc) is 2.97. The van der Waals surface area contributed by atoms with Gasteiger partial charge in [0.2, 0.25) is 6.43 Å². The maximum absolute atomic E-state index is 12.8. The Morgan fingerprint density at radius 3 is 2.72 bits per heavy atom. The number of carbonyl (C=O) groups is 1. The van der Waals surface area contributed by atoms with Crippen molar-refractivity contribution in [2.24, 2.45) is 13.0 Å².